The molecule has 0 aliphatic heterocycles. The van der Waals surface area contributed by atoms with E-state index < -0.39 is 0 Å². The van der Waals surface area contributed by atoms with E-state index >= 15 is 0 Å². The average Bonchev–Trinajstić information content (AvgIpc) is 2.98. The van der Waals surface area contributed by atoms with Gasteiger partial charge in [0.05, 0.1) is 12.6 Å². The molecule has 0 saturated heterocycles. The molecular formula is C20H26N2O3. The van der Waals surface area contributed by atoms with Gasteiger partial charge in [0, 0.05) is 5.56 Å². The van der Waals surface area contributed by atoms with E-state index in [2.05, 4.69) is 31.4 Å². The molecule has 5 heteroatoms. The molecule has 0 aliphatic carbocycles. The quantitative estimate of drug-likeness (QED) is 0.874. The monoisotopic (exact) mass is 342 g/mol. The third-order valence-electron chi connectivity index (χ3n) is 3.99. The molecule has 0 spiro atoms. The van der Waals surface area contributed by atoms with E-state index in [1.165, 1.54) is 0 Å². The highest BCUT2D eigenvalue weighted by Crippen LogP contribution is 2.22. The zero-order valence-corrected chi connectivity index (χ0v) is 15.5. The van der Waals surface area contributed by atoms with E-state index in [9.17, 15) is 9.59 Å². The summed E-state index contributed by atoms with van der Waals surface area (Å²) < 4.78 is 5.48. The zero-order valence-electron chi connectivity index (χ0n) is 15.5. The third-order valence-corrected chi connectivity index (χ3v) is 3.99. The summed E-state index contributed by atoms with van der Waals surface area (Å²) in [6.07, 6.45) is 0. The average molecular weight is 342 g/mol. The largest absolute Gasteiger partial charge is 0.464 e. The van der Waals surface area contributed by atoms with Crippen LogP contribution in [0.4, 0.5) is 0 Å². The van der Waals surface area contributed by atoms with Crippen molar-refractivity contribution in [2.45, 2.75) is 46.1 Å². The molecule has 2 N–H and O–H groups in total. The summed E-state index contributed by atoms with van der Waals surface area (Å²) >= 11 is 0. The first-order valence-corrected chi connectivity index (χ1v) is 8.41. The molecule has 134 valence electrons. The molecule has 2 rings (SSSR count). The summed E-state index contributed by atoms with van der Waals surface area (Å²) in [5, 5.41) is 5.44. The van der Waals surface area contributed by atoms with Crippen molar-refractivity contribution in [3.63, 3.8) is 0 Å². The fourth-order valence-corrected chi connectivity index (χ4v) is 2.43. The predicted octanol–water partition coefficient (Wildman–Crippen LogP) is 3.49. The van der Waals surface area contributed by atoms with Gasteiger partial charge in [-0.1, -0.05) is 32.9 Å². The number of hydrogen-bond donors (Lipinski definition) is 2. The van der Waals surface area contributed by atoms with E-state index in [1.54, 1.807) is 12.1 Å². The van der Waals surface area contributed by atoms with Gasteiger partial charge in [0.25, 0.3) is 5.91 Å². The van der Waals surface area contributed by atoms with Crippen LogP contribution in [-0.4, -0.2) is 18.4 Å². The van der Waals surface area contributed by atoms with Gasteiger partial charge in [-0.05, 0) is 49.1 Å². The SMILES string of the molecule is Cc1ccc(C(C)NC(=O)CNC(=O)c2ccc(C(C)(C)C)cc2)o1. The Hall–Kier alpha value is -2.56. The molecule has 1 heterocycles. The molecule has 1 aromatic heterocycles. The Morgan fingerprint density at radius 1 is 1.08 bits per heavy atom. The lowest BCUT2D eigenvalue weighted by Gasteiger charge is -2.19. The van der Waals surface area contributed by atoms with Crippen LogP contribution in [0.5, 0.6) is 0 Å². The van der Waals surface area contributed by atoms with Gasteiger partial charge in [0.1, 0.15) is 11.5 Å². The molecule has 5 nitrogen and oxygen atoms in total. The summed E-state index contributed by atoms with van der Waals surface area (Å²) in [5.74, 6) is 0.955. The van der Waals surface area contributed by atoms with Crippen LogP contribution in [0.3, 0.4) is 0 Å². The van der Waals surface area contributed by atoms with Crippen LogP contribution >= 0.6 is 0 Å². The number of rotatable bonds is 5. The summed E-state index contributed by atoms with van der Waals surface area (Å²) in [6.45, 7) is 9.96. The molecule has 0 fully saturated rings. The summed E-state index contributed by atoms with van der Waals surface area (Å²) in [4.78, 5) is 24.1. The van der Waals surface area contributed by atoms with Gasteiger partial charge >= 0.3 is 0 Å². The standard InChI is InChI=1S/C20H26N2O3/c1-13-6-11-17(25-13)14(2)22-18(23)12-21-19(24)15-7-9-16(10-8-15)20(3,4)5/h6-11,14H,12H2,1-5H3,(H,21,24)(H,22,23). The van der Waals surface area contributed by atoms with Crippen LogP contribution in [0, 0.1) is 6.92 Å². The molecule has 0 aliphatic rings. The van der Waals surface area contributed by atoms with E-state index in [1.807, 2.05) is 38.1 Å². The highest BCUT2D eigenvalue weighted by Gasteiger charge is 2.16. The van der Waals surface area contributed by atoms with Crippen LogP contribution in [0.15, 0.2) is 40.8 Å². The molecule has 1 atom stereocenters. The number of aryl methyl sites for hydroxylation is 1. The number of hydrogen-bond acceptors (Lipinski definition) is 3. The Bertz CT molecular complexity index is 739. The Morgan fingerprint density at radius 3 is 2.24 bits per heavy atom. The molecule has 2 aromatic rings. The number of benzene rings is 1. The summed E-state index contributed by atoms with van der Waals surface area (Å²) in [6, 6.07) is 10.9. The second-order valence-corrected chi connectivity index (χ2v) is 7.25. The number of carbonyl (C=O) groups excluding carboxylic acids is 2. The van der Waals surface area contributed by atoms with E-state index in [4.69, 9.17) is 4.42 Å². The Kier molecular flexibility index (Phi) is 5.67. The topological polar surface area (TPSA) is 71.3 Å². The van der Waals surface area contributed by atoms with E-state index in [0.717, 1.165) is 11.3 Å². The highest BCUT2D eigenvalue weighted by atomic mass is 16.3. The summed E-state index contributed by atoms with van der Waals surface area (Å²) in [7, 11) is 0. The zero-order chi connectivity index (χ0) is 18.6. The summed E-state index contributed by atoms with van der Waals surface area (Å²) in [5.41, 5.74) is 1.73. The maximum atomic E-state index is 12.2. The van der Waals surface area contributed by atoms with E-state index in [0.29, 0.717) is 11.3 Å². The van der Waals surface area contributed by atoms with Crippen LogP contribution in [-0.2, 0) is 10.2 Å². The van der Waals surface area contributed by atoms with Crippen molar-refractivity contribution < 1.29 is 14.0 Å². The Morgan fingerprint density at radius 2 is 1.72 bits per heavy atom. The van der Waals surface area contributed by atoms with Gasteiger partial charge in [-0.15, -0.1) is 0 Å². The lowest BCUT2D eigenvalue weighted by atomic mass is 9.87. The van der Waals surface area contributed by atoms with Gasteiger partial charge in [0.15, 0.2) is 0 Å². The number of amides is 2. The Balaban J connectivity index is 1.85. The first-order chi connectivity index (χ1) is 11.7. The molecule has 1 unspecified atom stereocenters. The number of carbonyl (C=O) groups is 2. The van der Waals surface area contributed by atoms with Gasteiger partial charge in [-0.3, -0.25) is 9.59 Å². The van der Waals surface area contributed by atoms with Crippen molar-refractivity contribution in [1.29, 1.82) is 0 Å². The maximum absolute atomic E-state index is 12.2. The fourth-order valence-electron chi connectivity index (χ4n) is 2.43. The Labute approximate surface area is 148 Å². The molecule has 0 bridgehead atoms. The molecule has 2 amide bonds. The lowest BCUT2D eigenvalue weighted by molar-refractivity contribution is -0.120. The van der Waals surface area contributed by atoms with Crippen LogP contribution < -0.4 is 10.6 Å². The van der Waals surface area contributed by atoms with Gasteiger partial charge < -0.3 is 15.1 Å². The lowest BCUT2D eigenvalue weighted by Crippen LogP contribution is -2.37. The number of nitrogens with one attached hydrogen (secondary N) is 2. The first-order valence-electron chi connectivity index (χ1n) is 8.41. The molecule has 1 aromatic carbocycles. The smallest absolute Gasteiger partial charge is 0.251 e. The molecule has 0 saturated carbocycles. The minimum absolute atomic E-state index is 0.0369. The minimum Gasteiger partial charge on any atom is -0.464 e. The van der Waals surface area contributed by atoms with Gasteiger partial charge in [-0.25, -0.2) is 0 Å². The van der Waals surface area contributed by atoms with Crippen molar-refractivity contribution >= 4 is 11.8 Å². The van der Waals surface area contributed by atoms with Crippen LogP contribution in [0.25, 0.3) is 0 Å². The number of furan rings is 1. The van der Waals surface area contributed by atoms with Crippen molar-refractivity contribution in [1.82, 2.24) is 10.6 Å². The normalized spacial score (nSPS) is 12.5. The molecule has 0 radical (unpaired) electrons. The molecular weight excluding hydrogens is 316 g/mol. The van der Waals surface area contributed by atoms with Gasteiger partial charge in [0.2, 0.25) is 5.91 Å². The van der Waals surface area contributed by atoms with Gasteiger partial charge in [-0.2, -0.15) is 0 Å². The minimum atomic E-state index is -0.267. The van der Waals surface area contributed by atoms with Crippen molar-refractivity contribution in [2.24, 2.45) is 0 Å². The van der Waals surface area contributed by atoms with Crippen molar-refractivity contribution in [3.8, 4) is 0 Å². The second kappa shape index (κ2) is 7.55. The second-order valence-electron chi connectivity index (χ2n) is 7.25. The van der Waals surface area contributed by atoms with Crippen molar-refractivity contribution in [3.05, 3.63) is 59.0 Å². The predicted molar refractivity (Wildman–Crippen MR) is 97.5 cm³/mol. The van der Waals surface area contributed by atoms with Crippen molar-refractivity contribution in [2.75, 3.05) is 6.54 Å². The first kappa shape index (κ1) is 18.8. The van der Waals surface area contributed by atoms with Crippen LogP contribution in [0.1, 0.15) is 61.2 Å². The fraction of sp³-hybridized carbons (Fsp3) is 0.400. The molecule has 25 heavy (non-hydrogen) atoms. The maximum Gasteiger partial charge on any atom is 0.251 e. The highest BCUT2D eigenvalue weighted by molar-refractivity contribution is 5.96. The van der Waals surface area contributed by atoms with E-state index in [-0.39, 0.29) is 29.8 Å². The third kappa shape index (κ3) is 5.21. The van der Waals surface area contributed by atoms with Crippen LogP contribution in [0.2, 0.25) is 0 Å².